The zero-order valence-corrected chi connectivity index (χ0v) is 12.3. The Hall–Kier alpha value is -2.32. The van der Waals surface area contributed by atoms with Crippen LogP contribution >= 0.6 is 0 Å². The third-order valence-corrected chi connectivity index (χ3v) is 3.54. The maximum absolute atomic E-state index is 12.4. The van der Waals surface area contributed by atoms with Gasteiger partial charge in [0.05, 0.1) is 6.54 Å². The summed E-state index contributed by atoms with van der Waals surface area (Å²) in [6.45, 7) is 3.50. The van der Waals surface area contributed by atoms with E-state index in [1.54, 1.807) is 22.9 Å². The second-order valence-corrected chi connectivity index (χ2v) is 5.08. The van der Waals surface area contributed by atoms with Crippen LogP contribution in [0, 0.1) is 18.8 Å². The van der Waals surface area contributed by atoms with Crippen molar-refractivity contribution >= 4 is 11.8 Å². The van der Waals surface area contributed by atoms with Gasteiger partial charge in [-0.2, -0.15) is 0 Å². The molecule has 0 atom stereocenters. The van der Waals surface area contributed by atoms with Crippen molar-refractivity contribution in [3.63, 3.8) is 0 Å². The van der Waals surface area contributed by atoms with Gasteiger partial charge in [0.25, 0.3) is 5.91 Å². The van der Waals surface area contributed by atoms with E-state index in [4.69, 9.17) is 5.73 Å². The van der Waals surface area contributed by atoms with Crippen molar-refractivity contribution in [3.05, 3.63) is 34.9 Å². The number of piperazine rings is 1. The Morgan fingerprint density at radius 2 is 2.14 bits per heavy atom. The molecule has 1 aliphatic heterocycles. The molecule has 1 aromatic rings. The van der Waals surface area contributed by atoms with Crippen LogP contribution in [0.4, 0.5) is 0 Å². The lowest BCUT2D eigenvalue weighted by molar-refractivity contribution is -0.133. The summed E-state index contributed by atoms with van der Waals surface area (Å²) in [6, 6.07) is 5.38. The molecule has 0 spiro atoms. The number of aryl methyl sites for hydroxylation is 1. The van der Waals surface area contributed by atoms with Crippen molar-refractivity contribution in [2.24, 2.45) is 5.73 Å². The predicted octanol–water partition coefficient (Wildman–Crippen LogP) is 0.219. The van der Waals surface area contributed by atoms with E-state index in [1.807, 2.05) is 19.1 Å². The second kappa shape index (κ2) is 6.42. The van der Waals surface area contributed by atoms with Crippen molar-refractivity contribution in [1.29, 1.82) is 0 Å². The Balaban J connectivity index is 2.17. The highest BCUT2D eigenvalue weighted by Crippen LogP contribution is 2.14. The number of carbonyl (C=O) groups is 2. The number of hydrogen-bond donors (Lipinski definition) is 1. The maximum atomic E-state index is 12.4. The first kappa shape index (κ1) is 15.1. The lowest BCUT2D eigenvalue weighted by Crippen LogP contribution is -2.50. The Kier molecular flexibility index (Phi) is 4.61. The normalized spacial score (nSPS) is 14.7. The van der Waals surface area contributed by atoms with E-state index in [1.165, 1.54) is 0 Å². The van der Waals surface area contributed by atoms with E-state index in [-0.39, 0.29) is 18.4 Å². The highest BCUT2D eigenvalue weighted by molar-refractivity contribution is 5.97. The summed E-state index contributed by atoms with van der Waals surface area (Å²) in [5.74, 6) is 5.63. The van der Waals surface area contributed by atoms with Gasteiger partial charge in [-0.1, -0.05) is 11.8 Å². The molecule has 2 N–H and O–H groups in total. The van der Waals surface area contributed by atoms with Crippen molar-refractivity contribution in [2.75, 3.05) is 33.2 Å². The molecule has 0 radical (unpaired) electrons. The molecule has 0 aliphatic carbocycles. The van der Waals surface area contributed by atoms with Crippen LogP contribution in [-0.4, -0.2) is 54.8 Å². The van der Waals surface area contributed by atoms with Crippen molar-refractivity contribution in [3.8, 4) is 11.8 Å². The lowest BCUT2D eigenvalue weighted by Gasteiger charge is -2.32. The molecule has 0 saturated carbocycles. The molecule has 5 heteroatoms. The standard InChI is InChI=1S/C16H19N3O2/c1-12-10-14(6-5-13(12)4-3-7-17)16(21)19-9-8-18(2)15(20)11-19/h5-6,10H,7-9,11,17H2,1-2H3. The quantitative estimate of drug-likeness (QED) is 0.751. The fraction of sp³-hybridized carbons (Fsp3) is 0.375. The molecule has 0 aromatic heterocycles. The van der Waals surface area contributed by atoms with Gasteiger partial charge in [-0.15, -0.1) is 0 Å². The minimum absolute atomic E-state index is 0.0308. The molecule has 2 amide bonds. The summed E-state index contributed by atoms with van der Waals surface area (Å²) in [4.78, 5) is 27.3. The summed E-state index contributed by atoms with van der Waals surface area (Å²) in [5, 5.41) is 0. The lowest BCUT2D eigenvalue weighted by atomic mass is 10.0. The smallest absolute Gasteiger partial charge is 0.254 e. The molecule has 1 saturated heterocycles. The first-order valence-electron chi connectivity index (χ1n) is 6.85. The first-order valence-corrected chi connectivity index (χ1v) is 6.85. The minimum Gasteiger partial charge on any atom is -0.342 e. The van der Waals surface area contributed by atoms with E-state index in [2.05, 4.69) is 11.8 Å². The number of nitrogens with zero attached hydrogens (tertiary/aromatic N) is 2. The summed E-state index contributed by atoms with van der Waals surface area (Å²) >= 11 is 0. The van der Waals surface area contributed by atoms with Gasteiger partial charge < -0.3 is 15.5 Å². The van der Waals surface area contributed by atoms with Crippen LogP contribution < -0.4 is 5.73 Å². The van der Waals surface area contributed by atoms with Crippen LogP contribution in [0.2, 0.25) is 0 Å². The monoisotopic (exact) mass is 285 g/mol. The highest BCUT2D eigenvalue weighted by atomic mass is 16.2. The van der Waals surface area contributed by atoms with Crippen LogP contribution in [0.25, 0.3) is 0 Å². The van der Waals surface area contributed by atoms with Gasteiger partial charge >= 0.3 is 0 Å². The zero-order valence-electron chi connectivity index (χ0n) is 12.3. The second-order valence-electron chi connectivity index (χ2n) is 5.08. The molecule has 0 bridgehead atoms. The number of nitrogens with two attached hydrogens (primary N) is 1. The van der Waals surface area contributed by atoms with E-state index < -0.39 is 0 Å². The van der Waals surface area contributed by atoms with Crippen molar-refractivity contribution < 1.29 is 9.59 Å². The fourth-order valence-electron chi connectivity index (χ4n) is 2.20. The molecule has 2 rings (SSSR count). The van der Waals surface area contributed by atoms with E-state index in [0.29, 0.717) is 25.2 Å². The minimum atomic E-state index is -0.113. The van der Waals surface area contributed by atoms with E-state index in [9.17, 15) is 9.59 Å². The highest BCUT2D eigenvalue weighted by Gasteiger charge is 2.25. The zero-order chi connectivity index (χ0) is 15.4. The molecule has 1 fully saturated rings. The van der Waals surface area contributed by atoms with Crippen LogP contribution in [-0.2, 0) is 4.79 Å². The largest absolute Gasteiger partial charge is 0.342 e. The summed E-state index contributed by atoms with van der Waals surface area (Å²) < 4.78 is 0. The molecule has 110 valence electrons. The topological polar surface area (TPSA) is 66.6 Å². The number of benzene rings is 1. The molecule has 1 aliphatic rings. The molecule has 1 aromatic carbocycles. The number of amides is 2. The molecular formula is C16H19N3O2. The Bertz CT molecular complexity index is 628. The first-order chi connectivity index (χ1) is 10.0. The van der Waals surface area contributed by atoms with Gasteiger partial charge in [-0.3, -0.25) is 9.59 Å². The van der Waals surface area contributed by atoms with Crippen LogP contribution in [0.15, 0.2) is 18.2 Å². The third kappa shape index (κ3) is 3.41. The number of rotatable bonds is 1. The van der Waals surface area contributed by atoms with Gasteiger partial charge in [0.15, 0.2) is 0 Å². The predicted molar refractivity (Wildman–Crippen MR) is 80.7 cm³/mol. The van der Waals surface area contributed by atoms with E-state index >= 15 is 0 Å². The maximum Gasteiger partial charge on any atom is 0.254 e. The fourth-order valence-corrected chi connectivity index (χ4v) is 2.20. The van der Waals surface area contributed by atoms with Gasteiger partial charge in [-0.05, 0) is 30.7 Å². The Morgan fingerprint density at radius 1 is 1.38 bits per heavy atom. The van der Waals surface area contributed by atoms with Crippen molar-refractivity contribution in [1.82, 2.24) is 9.80 Å². The SMILES string of the molecule is Cc1cc(C(=O)N2CCN(C)C(=O)C2)ccc1C#CCN. The van der Waals surface area contributed by atoms with E-state index in [0.717, 1.165) is 11.1 Å². The van der Waals surface area contributed by atoms with Gasteiger partial charge in [0, 0.05) is 31.3 Å². The van der Waals surface area contributed by atoms with Gasteiger partial charge in [0.1, 0.15) is 6.54 Å². The summed E-state index contributed by atoms with van der Waals surface area (Å²) in [7, 11) is 1.75. The van der Waals surface area contributed by atoms with Crippen LogP contribution in [0.5, 0.6) is 0 Å². The number of carbonyl (C=O) groups excluding carboxylic acids is 2. The van der Waals surface area contributed by atoms with Gasteiger partial charge in [-0.25, -0.2) is 0 Å². The molecule has 0 unspecified atom stereocenters. The molecule has 21 heavy (non-hydrogen) atoms. The Morgan fingerprint density at radius 3 is 2.76 bits per heavy atom. The third-order valence-electron chi connectivity index (χ3n) is 3.54. The summed E-state index contributed by atoms with van der Waals surface area (Å²) in [6.07, 6.45) is 0. The molecular weight excluding hydrogens is 266 g/mol. The number of likely N-dealkylation sites (N-methyl/N-ethyl adjacent to an activating group) is 1. The van der Waals surface area contributed by atoms with Crippen LogP contribution in [0.3, 0.4) is 0 Å². The molecule has 1 heterocycles. The van der Waals surface area contributed by atoms with Gasteiger partial charge in [0.2, 0.25) is 5.91 Å². The average Bonchev–Trinajstić information content (AvgIpc) is 2.48. The van der Waals surface area contributed by atoms with Crippen molar-refractivity contribution in [2.45, 2.75) is 6.92 Å². The Labute approximate surface area is 124 Å². The van der Waals surface area contributed by atoms with Crippen LogP contribution in [0.1, 0.15) is 21.5 Å². The number of hydrogen-bond acceptors (Lipinski definition) is 3. The average molecular weight is 285 g/mol. The molecule has 5 nitrogen and oxygen atoms in total. The summed E-state index contributed by atoms with van der Waals surface area (Å²) in [5.41, 5.74) is 7.74.